The molecule has 8 heteroatoms. The molecule has 0 aromatic heterocycles. The van der Waals surface area contributed by atoms with E-state index in [0.717, 1.165) is 12.1 Å². The Kier molecular flexibility index (Phi) is 4.92. The van der Waals surface area contributed by atoms with Crippen molar-refractivity contribution < 1.29 is 26.0 Å². The maximum Gasteiger partial charge on any atom is 0.402 e. The van der Waals surface area contributed by atoms with Gasteiger partial charge in [-0.1, -0.05) is 19.1 Å². The highest BCUT2D eigenvalue weighted by Crippen LogP contribution is 2.24. The van der Waals surface area contributed by atoms with Crippen molar-refractivity contribution in [3.63, 3.8) is 0 Å². The van der Waals surface area contributed by atoms with Crippen LogP contribution in [0.25, 0.3) is 0 Å². The lowest BCUT2D eigenvalue weighted by atomic mass is 10.3. The average molecular weight is 299 g/mol. The van der Waals surface area contributed by atoms with Crippen molar-refractivity contribution in [2.24, 2.45) is 0 Å². The van der Waals surface area contributed by atoms with Gasteiger partial charge in [0, 0.05) is 6.54 Å². The van der Waals surface area contributed by atoms with Crippen molar-refractivity contribution in [1.29, 1.82) is 0 Å². The minimum Gasteiger partial charge on any atom is -0.207 e. The van der Waals surface area contributed by atoms with E-state index >= 15 is 0 Å². The topological polar surface area (TPSA) is 37.4 Å². The molecule has 0 unspecified atom stereocenters. The summed E-state index contributed by atoms with van der Waals surface area (Å²) < 4.78 is 74.8. The Bertz CT molecular complexity index is 528. The molecular weight excluding hydrogens is 286 g/mol. The van der Waals surface area contributed by atoms with Gasteiger partial charge in [-0.3, -0.25) is 0 Å². The minimum absolute atomic E-state index is 0.198. The molecule has 3 nitrogen and oxygen atoms in total. The van der Waals surface area contributed by atoms with Gasteiger partial charge in [0.2, 0.25) is 10.0 Å². The second-order valence-corrected chi connectivity index (χ2v) is 5.79. The molecule has 1 rings (SSSR count). The molecule has 0 aliphatic heterocycles. The van der Waals surface area contributed by atoms with Crippen LogP contribution in [0, 0.1) is 5.82 Å². The summed E-state index contributed by atoms with van der Waals surface area (Å²) in [6.07, 6.45) is -4.47. The van der Waals surface area contributed by atoms with Crippen LogP contribution < -0.4 is 0 Å². The van der Waals surface area contributed by atoms with Crippen molar-refractivity contribution in [2.45, 2.75) is 24.4 Å². The van der Waals surface area contributed by atoms with E-state index in [9.17, 15) is 26.0 Å². The van der Waals surface area contributed by atoms with Crippen LogP contribution >= 0.6 is 0 Å². The van der Waals surface area contributed by atoms with Crippen LogP contribution in [-0.4, -0.2) is 32.0 Å². The molecule has 1 aromatic carbocycles. The predicted molar refractivity (Wildman–Crippen MR) is 61.5 cm³/mol. The van der Waals surface area contributed by atoms with E-state index in [0.29, 0.717) is 0 Å². The first-order valence-corrected chi connectivity index (χ1v) is 6.94. The molecule has 0 aliphatic rings. The maximum atomic E-state index is 13.4. The van der Waals surface area contributed by atoms with E-state index in [4.69, 9.17) is 0 Å². The van der Waals surface area contributed by atoms with E-state index in [1.54, 1.807) is 6.92 Å². The summed E-state index contributed by atoms with van der Waals surface area (Å²) >= 11 is 0. The molecule has 0 bridgehead atoms. The maximum absolute atomic E-state index is 13.4. The largest absolute Gasteiger partial charge is 0.402 e. The first kappa shape index (κ1) is 15.9. The van der Waals surface area contributed by atoms with Gasteiger partial charge in [0.25, 0.3) is 0 Å². The molecule has 0 heterocycles. The SMILES string of the molecule is CCCN(CC(F)(F)F)S(=O)(=O)c1ccccc1F. The lowest BCUT2D eigenvalue weighted by Crippen LogP contribution is -2.39. The molecule has 0 saturated carbocycles. The quantitative estimate of drug-likeness (QED) is 0.784. The van der Waals surface area contributed by atoms with Crippen LogP contribution in [0.2, 0.25) is 0 Å². The monoisotopic (exact) mass is 299 g/mol. The van der Waals surface area contributed by atoms with Crippen molar-refractivity contribution in [1.82, 2.24) is 4.31 Å². The summed E-state index contributed by atoms with van der Waals surface area (Å²) in [7, 11) is -4.49. The van der Waals surface area contributed by atoms with Gasteiger partial charge in [0.1, 0.15) is 17.3 Å². The highest BCUT2D eigenvalue weighted by molar-refractivity contribution is 7.89. The molecule has 108 valence electrons. The Balaban J connectivity index is 3.17. The van der Waals surface area contributed by atoms with Gasteiger partial charge < -0.3 is 0 Å². The minimum atomic E-state index is -4.67. The van der Waals surface area contributed by atoms with Gasteiger partial charge in [-0.25, -0.2) is 12.8 Å². The molecule has 19 heavy (non-hydrogen) atoms. The molecule has 0 radical (unpaired) electrons. The molecule has 1 aromatic rings. The average Bonchev–Trinajstić information content (AvgIpc) is 2.27. The molecule has 0 N–H and O–H groups in total. The van der Waals surface area contributed by atoms with Crippen LogP contribution in [0.3, 0.4) is 0 Å². The van der Waals surface area contributed by atoms with Crippen LogP contribution in [0.5, 0.6) is 0 Å². The van der Waals surface area contributed by atoms with Gasteiger partial charge in [0.15, 0.2) is 0 Å². The van der Waals surface area contributed by atoms with Crippen molar-refractivity contribution >= 4 is 10.0 Å². The molecule has 0 aliphatic carbocycles. The number of nitrogens with zero attached hydrogens (tertiary/aromatic N) is 1. The Labute approximate surface area is 108 Å². The summed E-state index contributed by atoms with van der Waals surface area (Å²) in [4.78, 5) is -0.743. The van der Waals surface area contributed by atoms with E-state index in [2.05, 4.69) is 0 Å². The van der Waals surface area contributed by atoms with E-state index in [1.807, 2.05) is 0 Å². The molecular formula is C11H13F4NO2S. The summed E-state index contributed by atoms with van der Waals surface area (Å²) in [6.45, 7) is -0.409. The first-order valence-electron chi connectivity index (χ1n) is 5.50. The van der Waals surface area contributed by atoms with Crippen molar-refractivity contribution in [2.75, 3.05) is 13.1 Å². The van der Waals surface area contributed by atoms with Crippen molar-refractivity contribution in [3.05, 3.63) is 30.1 Å². The Morgan fingerprint density at radius 2 is 1.79 bits per heavy atom. The molecule has 0 atom stereocenters. The normalized spacial score (nSPS) is 12.9. The fourth-order valence-corrected chi connectivity index (χ4v) is 3.11. The van der Waals surface area contributed by atoms with Crippen LogP contribution in [0.15, 0.2) is 29.2 Å². The number of benzene rings is 1. The Hall–Kier alpha value is -1.15. The Morgan fingerprint density at radius 1 is 1.21 bits per heavy atom. The van der Waals surface area contributed by atoms with Gasteiger partial charge >= 0.3 is 6.18 Å². The number of hydrogen-bond acceptors (Lipinski definition) is 2. The number of alkyl halides is 3. The third-order valence-corrected chi connectivity index (χ3v) is 4.16. The predicted octanol–water partition coefficient (Wildman–Crippen LogP) is 2.79. The number of rotatable bonds is 5. The molecule has 0 fully saturated rings. The molecule has 0 saturated heterocycles. The highest BCUT2D eigenvalue weighted by atomic mass is 32.2. The molecule has 0 spiro atoms. The number of sulfonamides is 1. The standard InChI is InChI=1S/C11H13F4NO2S/c1-2-7-16(8-11(13,14)15)19(17,18)10-6-4-3-5-9(10)12/h3-6H,2,7-8H2,1H3. The second kappa shape index (κ2) is 5.87. The lowest BCUT2D eigenvalue weighted by molar-refractivity contribution is -0.136. The number of hydrogen-bond donors (Lipinski definition) is 0. The second-order valence-electron chi connectivity index (χ2n) is 3.88. The highest BCUT2D eigenvalue weighted by Gasteiger charge is 2.37. The smallest absolute Gasteiger partial charge is 0.207 e. The third-order valence-electron chi connectivity index (χ3n) is 2.28. The summed E-state index contributed by atoms with van der Waals surface area (Å²) in [5.74, 6) is -1.06. The van der Waals surface area contributed by atoms with Gasteiger partial charge in [0.05, 0.1) is 0 Å². The zero-order chi connectivity index (χ0) is 14.7. The molecule has 0 amide bonds. The van der Waals surface area contributed by atoms with Crippen LogP contribution in [0.1, 0.15) is 13.3 Å². The van der Waals surface area contributed by atoms with E-state index in [-0.39, 0.29) is 17.3 Å². The zero-order valence-electron chi connectivity index (χ0n) is 10.1. The first-order chi connectivity index (χ1) is 8.68. The van der Waals surface area contributed by atoms with Gasteiger partial charge in [-0.15, -0.1) is 0 Å². The van der Waals surface area contributed by atoms with Crippen LogP contribution in [0.4, 0.5) is 17.6 Å². The van der Waals surface area contributed by atoms with Gasteiger partial charge in [-0.05, 0) is 18.6 Å². The summed E-state index contributed by atoms with van der Waals surface area (Å²) in [5.41, 5.74) is 0. The summed E-state index contributed by atoms with van der Waals surface area (Å²) in [6, 6.07) is 4.37. The summed E-state index contributed by atoms with van der Waals surface area (Å²) in [5, 5.41) is 0. The van der Waals surface area contributed by atoms with E-state index < -0.39 is 33.5 Å². The van der Waals surface area contributed by atoms with Crippen LogP contribution in [-0.2, 0) is 10.0 Å². The lowest BCUT2D eigenvalue weighted by Gasteiger charge is -2.23. The number of halogens is 4. The fraction of sp³-hybridized carbons (Fsp3) is 0.455. The fourth-order valence-electron chi connectivity index (χ4n) is 1.53. The van der Waals surface area contributed by atoms with Crippen molar-refractivity contribution in [3.8, 4) is 0 Å². The van der Waals surface area contributed by atoms with Gasteiger partial charge in [-0.2, -0.15) is 17.5 Å². The van der Waals surface area contributed by atoms with E-state index in [1.165, 1.54) is 12.1 Å². The zero-order valence-corrected chi connectivity index (χ0v) is 10.9. The Morgan fingerprint density at radius 3 is 2.26 bits per heavy atom. The third kappa shape index (κ3) is 4.17.